The molecule has 17 heavy (non-hydrogen) atoms. The van der Waals surface area contributed by atoms with E-state index in [1.165, 1.54) is 0 Å². The second kappa shape index (κ2) is 4.92. The van der Waals surface area contributed by atoms with Crippen molar-refractivity contribution in [3.63, 3.8) is 0 Å². The fraction of sp³-hybridized carbons (Fsp3) is 0.364. The number of nitrogens with two attached hydrogens (primary N) is 1. The van der Waals surface area contributed by atoms with Crippen molar-refractivity contribution in [1.82, 2.24) is 10.3 Å². The second-order valence-electron chi connectivity index (χ2n) is 3.89. The van der Waals surface area contributed by atoms with Crippen LogP contribution in [0.3, 0.4) is 0 Å². The molecule has 1 unspecified atom stereocenters. The summed E-state index contributed by atoms with van der Waals surface area (Å²) in [5, 5.41) is 5.33. The third kappa shape index (κ3) is 2.79. The molecule has 1 aliphatic heterocycles. The van der Waals surface area contributed by atoms with Crippen molar-refractivity contribution < 1.29 is 9.59 Å². The number of rotatable bonds is 3. The Balaban J connectivity index is 2.00. The molecular weight excluding hydrogens is 220 g/mol. The van der Waals surface area contributed by atoms with Crippen LogP contribution in [-0.4, -0.2) is 22.8 Å². The van der Waals surface area contributed by atoms with E-state index in [0.29, 0.717) is 19.4 Å². The fourth-order valence-electron chi connectivity index (χ4n) is 1.66. The van der Waals surface area contributed by atoms with Crippen LogP contribution >= 0.6 is 0 Å². The molecule has 2 heterocycles. The number of piperidine rings is 1. The number of hydrogen-bond donors (Lipinski definition) is 3. The van der Waals surface area contributed by atoms with Crippen molar-refractivity contribution in [3.05, 3.63) is 24.0 Å². The van der Waals surface area contributed by atoms with Gasteiger partial charge in [-0.2, -0.15) is 0 Å². The quantitative estimate of drug-likeness (QED) is 0.627. The Morgan fingerprint density at radius 3 is 2.88 bits per heavy atom. The molecular formula is C11H14N4O2. The Bertz CT molecular complexity index is 430. The summed E-state index contributed by atoms with van der Waals surface area (Å²) < 4.78 is 0. The van der Waals surface area contributed by atoms with Gasteiger partial charge in [-0.3, -0.25) is 19.9 Å². The normalized spacial score (nSPS) is 19.9. The highest BCUT2D eigenvalue weighted by molar-refractivity contribution is 6.01. The van der Waals surface area contributed by atoms with Crippen LogP contribution < -0.4 is 16.4 Å². The van der Waals surface area contributed by atoms with E-state index in [9.17, 15) is 9.59 Å². The summed E-state index contributed by atoms with van der Waals surface area (Å²) in [7, 11) is 0. The highest BCUT2D eigenvalue weighted by Crippen LogP contribution is 2.13. The minimum Gasteiger partial charge on any atom is -0.372 e. The van der Waals surface area contributed by atoms with Crippen molar-refractivity contribution >= 4 is 17.5 Å². The molecule has 0 saturated carbocycles. The summed E-state index contributed by atoms with van der Waals surface area (Å²) in [4.78, 5) is 26.6. The van der Waals surface area contributed by atoms with Gasteiger partial charge in [0.15, 0.2) is 0 Å². The number of imide groups is 1. The number of pyridine rings is 1. The monoisotopic (exact) mass is 234 g/mol. The number of hydrogen-bond acceptors (Lipinski definition) is 5. The average Bonchev–Trinajstić information content (AvgIpc) is 2.34. The van der Waals surface area contributed by atoms with E-state index in [1.54, 1.807) is 12.3 Å². The average molecular weight is 234 g/mol. The molecule has 1 saturated heterocycles. The van der Waals surface area contributed by atoms with Crippen LogP contribution in [0, 0.1) is 0 Å². The predicted molar refractivity (Wildman–Crippen MR) is 61.9 cm³/mol. The number of nitrogens with one attached hydrogen (secondary N) is 2. The van der Waals surface area contributed by atoms with Crippen LogP contribution in [0.5, 0.6) is 0 Å². The van der Waals surface area contributed by atoms with E-state index < -0.39 is 0 Å². The fourth-order valence-corrected chi connectivity index (χ4v) is 1.66. The van der Waals surface area contributed by atoms with Crippen LogP contribution in [0.4, 0.5) is 5.69 Å². The molecule has 0 radical (unpaired) electrons. The molecule has 90 valence electrons. The zero-order valence-corrected chi connectivity index (χ0v) is 9.27. The number of carbonyl (C=O) groups excluding carboxylic acids is 2. The van der Waals surface area contributed by atoms with Gasteiger partial charge < -0.3 is 11.1 Å². The molecule has 0 aliphatic carbocycles. The number of carbonyl (C=O) groups is 2. The molecule has 1 atom stereocenters. The summed E-state index contributed by atoms with van der Waals surface area (Å²) in [6.45, 7) is 0.388. The van der Waals surface area contributed by atoms with Crippen LogP contribution in [-0.2, 0) is 16.1 Å². The molecule has 0 spiro atoms. The van der Waals surface area contributed by atoms with Gasteiger partial charge in [0.05, 0.1) is 17.6 Å². The Morgan fingerprint density at radius 1 is 1.47 bits per heavy atom. The van der Waals surface area contributed by atoms with E-state index in [1.807, 2.05) is 6.07 Å². The van der Waals surface area contributed by atoms with Gasteiger partial charge in [-0.1, -0.05) is 0 Å². The van der Waals surface area contributed by atoms with E-state index in [0.717, 1.165) is 11.4 Å². The summed E-state index contributed by atoms with van der Waals surface area (Å²) in [6.07, 6.45) is 2.49. The maximum atomic E-state index is 11.5. The van der Waals surface area contributed by atoms with E-state index in [4.69, 9.17) is 5.73 Å². The number of amides is 2. The maximum absolute atomic E-state index is 11.5. The lowest BCUT2D eigenvalue weighted by Crippen LogP contribution is -2.47. The predicted octanol–water partition coefficient (Wildman–Crippen LogP) is -0.243. The van der Waals surface area contributed by atoms with E-state index >= 15 is 0 Å². The summed E-state index contributed by atoms with van der Waals surface area (Å²) in [5.41, 5.74) is 6.97. The van der Waals surface area contributed by atoms with Crippen molar-refractivity contribution in [2.24, 2.45) is 5.73 Å². The topological polar surface area (TPSA) is 97.1 Å². The van der Waals surface area contributed by atoms with Crippen LogP contribution in [0.2, 0.25) is 0 Å². The molecule has 1 aliphatic rings. The van der Waals surface area contributed by atoms with Gasteiger partial charge in [0.25, 0.3) is 0 Å². The smallest absolute Gasteiger partial charge is 0.249 e. The van der Waals surface area contributed by atoms with Crippen molar-refractivity contribution in [1.29, 1.82) is 0 Å². The zero-order valence-electron chi connectivity index (χ0n) is 9.27. The molecule has 6 heteroatoms. The third-order valence-electron chi connectivity index (χ3n) is 2.61. The van der Waals surface area contributed by atoms with Gasteiger partial charge in [-0.25, -0.2) is 0 Å². The molecule has 2 rings (SSSR count). The van der Waals surface area contributed by atoms with Gasteiger partial charge in [-0.15, -0.1) is 0 Å². The second-order valence-corrected chi connectivity index (χ2v) is 3.89. The molecule has 1 aromatic rings. The number of aromatic nitrogens is 1. The first-order valence-electron chi connectivity index (χ1n) is 5.44. The van der Waals surface area contributed by atoms with E-state index in [2.05, 4.69) is 15.6 Å². The summed E-state index contributed by atoms with van der Waals surface area (Å²) >= 11 is 0. The summed E-state index contributed by atoms with van der Waals surface area (Å²) in [5.74, 6) is -0.506. The van der Waals surface area contributed by atoms with Gasteiger partial charge in [-0.05, 0) is 18.6 Å². The van der Waals surface area contributed by atoms with Crippen molar-refractivity contribution in [3.8, 4) is 0 Å². The lowest BCUT2D eigenvalue weighted by Gasteiger charge is -2.22. The first-order chi connectivity index (χ1) is 8.19. The Labute approximate surface area is 98.6 Å². The first-order valence-corrected chi connectivity index (χ1v) is 5.44. The van der Waals surface area contributed by atoms with Crippen LogP contribution in [0.15, 0.2) is 18.3 Å². The summed E-state index contributed by atoms with van der Waals surface area (Å²) in [6, 6.07) is 3.24. The number of nitrogens with zero attached hydrogens (tertiary/aromatic N) is 1. The number of anilines is 1. The van der Waals surface area contributed by atoms with E-state index in [-0.39, 0.29) is 17.9 Å². The molecule has 4 N–H and O–H groups in total. The third-order valence-corrected chi connectivity index (χ3v) is 2.61. The molecule has 1 fully saturated rings. The lowest BCUT2D eigenvalue weighted by atomic mass is 10.1. The minimum absolute atomic E-state index is 0.218. The highest BCUT2D eigenvalue weighted by Gasteiger charge is 2.26. The molecule has 6 nitrogen and oxygen atoms in total. The zero-order chi connectivity index (χ0) is 12.3. The van der Waals surface area contributed by atoms with Gasteiger partial charge in [0, 0.05) is 13.0 Å². The first kappa shape index (κ1) is 11.5. The Kier molecular flexibility index (Phi) is 3.34. The lowest BCUT2D eigenvalue weighted by molar-refractivity contribution is -0.133. The highest BCUT2D eigenvalue weighted by atomic mass is 16.2. The maximum Gasteiger partial charge on any atom is 0.249 e. The minimum atomic E-state index is -0.377. The molecule has 0 bridgehead atoms. The molecule has 2 amide bonds. The standard InChI is InChI=1S/C11H14N4O2/c12-5-7-1-2-8(6-13-7)14-9-3-4-10(16)15-11(9)17/h1-2,6,9,14H,3-5,12H2,(H,15,16,17). The van der Waals surface area contributed by atoms with Gasteiger partial charge in [0.1, 0.15) is 6.04 Å². The van der Waals surface area contributed by atoms with Gasteiger partial charge >= 0.3 is 0 Å². The molecule has 0 aromatic carbocycles. The van der Waals surface area contributed by atoms with Crippen LogP contribution in [0.1, 0.15) is 18.5 Å². The van der Waals surface area contributed by atoms with Crippen molar-refractivity contribution in [2.75, 3.05) is 5.32 Å². The Hall–Kier alpha value is -1.95. The largest absolute Gasteiger partial charge is 0.372 e. The Morgan fingerprint density at radius 2 is 2.29 bits per heavy atom. The van der Waals surface area contributed by atoms with Crippen molar-refractivity contribution in [2.45, 2.75) is 25.4 Å². The van der Waals surface area contributed by atoms with Crippen LogP contribution in [0.25, 0.3) is 0 Å². The van der Waals surface area contributed by atoms with Gasteiger partial charge in [0.2, 0.25) is 11.8 Å². The molecule has 1 aromatic heterocycles. The SMILES string of the molecule is NCc1ccc(NC2CCC(=O)NC2=O)cn1.